The summed E-state index contributed by atoms with van der Waals surface area (Å²) in [5.41, 5.74) is -0.769. The number of para-hydroxylation sites is 2. The lowest BCUT2D eigenvalue weighted by Crippen LogP contribution is -2.67. The number of esters is 1. The summed E-state index contributed by atoms with van der Waals surface area (Å²) in [7, 11) is 1.49. The van der Waals surface area contributed by atoms with E-state index in [9.17, 15) is 18.8 Å². The first-order chi connectivity index (χ1) is 14.0. The van der Waals surface area contributed by atoms with Gasteiger partial charge in [0.15, 0.2) is 11.6 Å². The van der Waals surface area contributed by atoms with Crippen molar-refractivity contribution in [1.82, 2.24) is 4.90 Å². The summed E-state index contributed by atoms with van der Waals surface area (Å²) < 4.78 is 24.2. The van der Waals surface area contributed by atoms with Crippen molar-refractivity contribution in [3.63, 3.8) is 0 Å². The molecule has 7 nitrogen and oxygen atoms in total. The lowest BCUT2D eigenvalue weighted by molar-refractivity contribution is -0.157. The standard InChI is InChI=1S/C21H19FN2O5/c1-23-19(26)14-6-2-4-8-16(14)24-18(25)10-11-21(23,24)20(27)29-13-12-28-17-9-5-3-7-15(17)22/h2-9H,10-13H2,1H3/t21-/m0/s1. The fraction of sp³-hybridized carbons (Fsp3) is 0.286. The van der Waals surface area contributed by atoms with Crippen LogP contribution in [0.25, 0.3) is 0 Å². The van der Waals surface area contributed by atoms with Crippen LogP contribution in [0.1, 0.15) is 23.2 Å². The largest absolute Gasteiger partial charge is 0.487 e. The van der Waals surface area contributed by atoms with Crippen molar-refractivity contribution in [3.05, 3.63) is 59.9 Å². The van der Waals surface area contributed by atoms with E-state index in [1.54, 1.807) is 36.4 Å². The number of hydrogen-bond acceptors (Lipinski definition) is 5. The summed E-state index contributed by atoms with van der Waals surface area (Å²) in [5.74, 6) is -1.79. The molecule has 2 aromatic carbocycles. The van der Waals surface area contributed by atoms with Gasteiger partial charge in [0.2, 0.25) is 11.6 Å². The van der Waals surface area contributed by atoms with Gasteiger partial charge in [-0.2, -0.15) is 0 Å². The van der Waals surface area contributed by atoms with Crippen LogP contribution in [0.4, 0.5) is 10.1 Å². The second-order valence-corrected chi connectivity index (χ2v) is 6.84. The van der Waals surface area contributed by atoms with Crippen molar-refractivity contribution in [2.45, 2.75) is 18.5 Å². The number of anilines is 1. The molecule has 0 unspecified atom stereocenters. The minimum absolute atomic E-state index is 0.0540. The van der Waals surface area contributed by atoms with Crippen LogP contribution in [-0.2, 0) is 14.3 Å². The predicted molar refractivity (Wildman–Crippen MR) is 101 cm³/mol. The number of halogens is 1. The fourth-order valence-electron chi connectivity index (χ4n) is 3.85. The molecule has 4 rings (SSSR count). The van der Waals surface area contributed by atoms with E-state index in [1.165, 1.54) is 29.0 Å². The van der Waals surface area contributed by atoms with Crippen molar-refractivity contribution in [2.24, 2.45) is 0 Å². The number of rotatable bonds is 5. The number of ether oxygens (including phenoxy) is 2. The average molecular weight is 398 g/mol. The molecule has 0 radical (unpaired) electrons. The van der Waals surface area contributed by atoms with Crippen LogP contribution >= 0.6 is 0 Å². The summed E-state index contributed by atoms with van der Waals surface area (Å²) in [6.07, 6.45) is 0.252. The minimum atomic E-state index is -1.53. The topological polar surface area (TPSA) is 76.2 Å². The predicted octanol–water partition coefficient (Wildman–Crippen LogP) is 2.36. The molecule has 2 aliphatic heterocycles. The molecule has 0 N–H and O–H groups in total. The third-order valence-corrected chi connectivity index (χ3v) is 5.28. The smallest absolute Gasteiger partial charge is 0.353 e. The van der Waals surface area contributed by atoms with Gasteiger partial charge in [-0.15, -0.1) is 0 Å². The molecule has 0 aromatic heterocycles. The van der Waals surface area contributed by atoms with Gasteiger partial charge in [0.25, 0.3) is 5.91 Å². The van der Waals surface area contributed by atoms with Crippen LogP contribution in [0, 0.1) is 5.82 Å². The van der Waals surface area contributed by atoms with Crippen molar-refractivity contribution in [3.8, 4) is 5.75 Å². The number of carbonyl (C=O) groups is 3. The van der Waals surface area contributed by atoms with Crippen LogP contribution in [0.3, 0.4) is 0 Å². The van der Waals surface area contributed by atoms with Gasteiger partial charge in [-0.25, -0.2) is 9.18 Å². The van der Waals surface area contributed by atoms with Crippen LogP contribution in [0.5, 0.6) is 5.75 Å². The average Bonchev–Trinajstić information content (AvgIpc) is 3.09. The highest BCUT2D eigenvalue weighted by Crippen LogP contribution is 2.44. The molecule has 8 heteroatoms. The highest BCUT2D eigenvalue weighted by molar-refractivity contribution is 6.15. The molecule has 2 aliphatic rings. The van der Waals surface area contributed by atoms with Gasteiger partial charge < -0.3 is 14.4 Å². The second-order valence-electron chi connectivity index (χ2n) is 6.84. The van der Waals surface area contributed by atoms with E-state index in [2.05, 4.69) is 0 Å². The van der Waals surface area contributed by atoms with Crippen LogP contribution in [0.2, 0.25) is 0 Å². The summed E-state index contributed by atoms with van der Waals surface area (Å²) in [5, 5.41) is 0. The van der Waals surface area contributed by atoms with Crippen molar-refractivity contribution < 1.29 is 28.2 Å². The first-order valence-corrected chi connectivity index (χ1v) is 9.21. The number of hydrogen-bond donors (Lipinski definition) is 0. The first kappa shape index (κ1) is 18.9. The molecule has 2 amide bonds. The zero-order chi connectivity index (χ0) is 20.6. The number of likely N-dealkylation sites (N-methyl/N-ethyl adjacent to an activating group) is 1. The maximum absolute atomic E-state index is 13.6. The lowest BCUT2D eigenvalue weighted by Gasteiger charge is -2.46. The molecule has 150 valence electrons. The summed E-state index contributed by atoms with van der Waals surface area (Å²) in [6, 6.07) is 12.6. The first-order valence-electron chi connectivity index (χ1n) is 9.21. The number of nitrogens with zero attached hydrogens (tertiary/aromatic N) is 2. The summed E-state index contributed by atoms with van der Waals surface area (Å²) in [4.78, 5) is 41.1. The van der Waals surface area contributed by atoms with Crippen LogP contribution in [-0.4, -0.2) is 48.6 Å². The summed E-state index contributed by atoms with van der Waals surface area (Å²) in [6.45, 7) is -0.217. The molecule has 2 heterocycles. The van der Waals surface area contributed by atoms with Gasteiger partial charge in [-0.05, 0) is 24.3 Å². The minimum Gasteiger partial charge on any atom is -0.487 e. The maximum Gasteiger partial charge on any atom is 0.353 e. The Morgan fingerprint density at radius 2 is 1.83 bits per heavy atom. The van der Waals surface area contributed by atoms with Gasteiger partial charge in [-0.3, -0.25) is 14.5 Å². The van der Waals surface area contributed by atoms with Crippen molar-refractivity contribution in [2.75, 3.05) is 25.2 Å². The molecule has 1 fully saturated rings. The third-order valence-electron chi connectivity index (χ3n) is 5.28. The van der Waals surface area contributed by atoms with Gasteiger partial charge in [-0.1, -0.05) is 24.3 Å². The Kier molecular flexibility index (Phi) is 4.70. The number of amides is 2. The Labute approximate surface area is 166 Å². The Balaban J connectivity index is 1.53. The van der Waals surface area contributed by atoms with Gasteiger partial charge >= 0.3 is 5.97 Å². The zero-order valence-electron chi connectivity index (χ0n) is 15.8. The number of benzene rings is 2. The normalized spacial score (nSPS) is 20.3. The van der Waals surface area contributed by atoms with E-state index in [-0.39, 0.29) is 43.6 Å². The molecule has 0 spiro atoms. The molecule has 0 saturated carbocycles. The SMILES string of the molecule is CN1C(=O)c2ccccc2N2C(=O)CC[C@]12C(=O)OCCOc1ccccc1F. The Hall–Kier alpha value is -3.42. The summed E-state index contributed by atoms with van der Waals surface area (Å²) >= 11 is 0. The molecular weight excluding hydrogens is 379 g/mol. The number of fused-ring (bicyclic) bond motifs is 3. The van der Waals surface area contributed by atoms with Crippen molar-refractivity contribution >= 4 is 23.5 Å². The quantitative estimate of drug-likeness (QED) is 0.571. The molecule has 0 aliphatic carbocycles. The fourth-order valence-corrected chi connectivity index (χ4v) is 3.85. The van der Waals surface area contributed by atoms with E-state index in [0.717, 1.165) is 0 Å². The lowest BCUT2D eigenvalue weighted by atomic mass is 9.97. The molecular formula is C21H19FN2O5. The highest BCUT2D eigenvalue weighted by Gasteiger charge is 2.60. The molecule has 1 saturated heterocycles. The molecule has 2 aromatic rings. The zero-order valence-corrected chi connectivity index (χ0v) is 15.8. The second kappa shape index (κ2) is 7.20. The Bertz CT molecular complexity index is 995. The van der Waals surface area contributed by atoms with Crippen LogP contribution < -0.4 is 9.64 Å². The molecule has 29 heavy (non-hydrogen) atoms. The maximum atomic E-state index is 13.6. The Morgan fingerprint density at radius 3 is 2.62 bits per heavy atom. The van der Waals surface area contributed by atoms with E-state index in [4.69, 9.17) is 9.47 Å². The van der Waals surface area contributed by atoms with Gasteiger partial charge in [0, 0.05) is 19.9 Å². The van der Waals surface area contributed by atoms with E-state index < -0.39 is 17.4 Å². The number of carbonyl (C=O) groups excluding carboxylic acids is 3. The van der Waals surface area contributed by atoms with E-state index >= 15 is 0 Å². The Morgan fingerprint density at radius 1 is 1.10 bits per heavy atom. The van der Waals surface area contributed by atoms with Crippen LogP contribution in [0.15, 0.2) is 48.5 Å². The highest BCUT2D eigenvalue weighted by atomic mass is 19.1. The molecule has 0 bridgehead atoms. The van der Waals surface area contributed by atoms with E-state index in [1.807, 2.05) is 0 Å². The van der Waals surface area contributed by atoms with Gasteiger partial charge in [0.1, 0.15) is 13.2 Å². The van der Waals surface area contributed by atoms with Crippen molar-refractivity contribution in [1.29, 1.82) is 0 Å². The van der Waals surface area contributed by atoms with Gasteiger partial charge in [0.05, 0.1) is 11.3 Å². The third kappa shape index (κ3) is 2.91. The molecule has 1 atom stereocenters. The monoisotopic (exact) mass is 398 g/mol. The van der Waals surface area contributed by atoms with E-state index in [0.29, 0.717) is 11.3 Å².